The number of piperidine rings is 1. The molecule has 40 heavy (non-hydrogen) atoms. The standard InChI is InChI=1S/C31H32N6O3/c1-18-10-22(23-15-32-20(3)33-16-23)11-24-28(19(2)38)35-36(29(18)24)17-27(39)37-25(12-31(4)13-26(31)37)30(40)34-14-21-8-6-5-7-9-21/h5-11,15-16,25-26H,12-14,17H2,1-4H3,(H,34,40)/t25-,26?,31-/m0/s1. The Balaban J connectivity index is 1.29. The fraction of sp³-hybridized carbons (Fsp3) is 0.355. The molecule has 2 aromatic carbocycles. The molecule has 2 fully saturated rings. The predicted molar refractivity (Wildman–Crippen MR) is 150 cm³/mol. The molecule has 1 saturated carbocycles. The molecule has 1 aliphatic heterocycles. The first-order valence-electron chi connectivity index (χ1n) is 13.6. The number of rotatable bonds is 7. The molecule has 0 bridgehead atoms. The molecule has 6 rings (SSSR count). The van der Waals surface area contributed by atoms with Crippen molar-refractivity contribution in [1.29, 1.82) is 0 Å². The number of Topliss-reactive ketones (excluding diaryl/α,β-unsaturated/α-hetero) is 1. The molecule has 204 valence electrons. The van der Waals surface area contributed by atoms with Gasteiger partial charge in [0.15, 0.2) is 5.78 Å². The van der Waals surface area contributed by atoms with Gasteiger partial charge in [0, 0.05) is 42.9 Å². The summed E-state index contributed by atoms with van der Waals surface area (Å²) in [5.74, 6) is 0.197. The zero-order valence-corrected chi connectivity index (χ0v) is 23.1. The summed E-state index contributed by atoms with van der Waals surface area (Å²) in [6, 6.07) is 13.2. The van der Waals surface area contributed by atoms with Gasteiger partial charge in [0.25, 0.3) is 0 Å². The molecule has 1 unspecified atom stereocenters. The van der Waals surface area contributed by atoms with Crippen LogP contribution in [0, 0.1) is 19.3 Å². The summed E-state index contributed by atoms with van der Waals surface area (Å²) in [5.41, 5.74) is 4.62. The molecule has 4 aromatic rings. The molecule has 2 aromatic heterocycles. The van der Waals surface area contributed by atoms with Crippen LogP contribution in [0.2, 0.25) is 0 Å². The summed E-state index contributed by atoms with van der Waals surface area (Å²) in [6.07, 6.45) is 5.05. The number of carbonyl (C=O) groups is 3. The number of benzene rings is 2. The number of nitrogens with one attached hydrogen (secondary N) is 1. The molecular formula is C31H32N6O3. The van der Waals surface area contributed by atoms with Crippen LogP contribution in [-0.2, 0) is 22.7 Å². The molecule has 9 nitrogen and oxygen atoms in total. The van der Waals surface area contributed by atoms with E-state index < -0.39 is 6.04 Å². The third-order valence-corrected chi connectivity index (χ3v) is 8.30. The monoisotopic (exact) mass is 536 g/mol. The highest BCUT2D eigenvalue weighted by Gasteiger charge is 2.64. The minimum absolute atomic E-state index is 0.0378. The number of nitrogens with zero attached hydrogens (tertiary/aromatic N) is 5. The predicted octanol–water partition coefficient (Wildman–Crippen LogP) is 4.01. The van der Waals surface area contributed by atoms with Gasteiger partial charge in [-0.1, -0.05) is 37.3 Å². The molecule has 3 atom stereocenters. The normalized spacial score (nSPS) is 21.4. The third kappa shape index (κ3) is 4.55. The summed E-state index contributed by atoms with van der Waals surface area (Å²) in [4.78, 5) is 50.0. The average molecular weight is 537 g/mol. The summed E-state index contributed by atoms with van der Waals surface area (Å²) in [7, 11) is 0. The minimum Gasteiger partial charge on any atom is -0.350 e. The summed E-state index contributed by atoms with van der Waals surface area (Å²) in [6.45, 7) is 7.76. The lowest BCUT2D eigenvalue weighted by Gasteiger charge is -2.27. The van der Waals surface area contributed by atoms with Gasteiger partial charge in [0.1, 0.15) is 24.1 Å². The summed E-state index contributed by atoms with van der Waals surface area (Å²) in [5, 5.41) is 8.31. The molecule has 1 N–H and O–H groups in total. The molecule has 1 saturated heterocycles. The fourth-order valence-electron chi connectivity index (χ4n) is 6.08. The Kier molecular flexibility index (Phi) is 6.24. The SMILES string of the molecule is CC(=O)c1nn(CC(=O)N2C3C[C@]3(C)C[C@H]2C(=O)NCc2ccccc2)c2c(C)cc(-c3cnc(C)nc3)cc12. The first-order chi connectivity index (χ1) is 19.1. The Morgan fingerprint density at radius 2 is 1.75 bits per heavy atom. The quantitative estimate of drug-likeness (QED) is 0.358. The van der Waals surface area contributed by atoms with Crippen molar-refractivity contribution in [3.63, 3.8) is 0 Å². The maximum absolute atomic E-state index is 13.8. The number of hydrogen-bond acceptors (Lipinski definition) is 6. The Labute approximate surface area is 232 Å². The van der Waals surface area contributed by atoms with E-state index in [2.05, 4.69) is 27.3 Å². The van der Waals surface area contributed by atoms with Crippen LogP contribution in [0.5, 0.6) is 0 Å². The van der Waals surface area contributed by atoms with Crippen molar-refractivity contribution in [2.45, 2.75) is 65.7 Å². The number of ketones is 1. The van der Waals surface area contributed by atoms with Crippen LogP contribution >= 0.6 is 0 Å². The zero-order valence-electron chi connectivity index (χ0n) is 23.1. The summed E-state index contributed by atoms with van der Waals surface area (Å²) >= 11 is 0. The Morgan fingerprint density at radius 1 is 1.02 bits per heavy atom. The number of aryl methyl sites for hydroxylation is 2. The van der Waals surface area contributed by atoms with Crippen molar-refractivity contribution >= 4 is 28.5 Å². The van der Waals surface area contributed by atoms with Crippen LogP contribution in [0.4, 0.5) is 0 Å². The number of carbonyl (C=O) groups excluding carboxylic acids is 3. The van der Waals surface area contributed by atoms with E-state index in [9.17, 15) is 14.4 Å². The lowest BCUT2D eigenvalue weighted by atomic mass is 10.0. The molecule has 0 spiro atoms. The average Bonchev–Trinajstić information content (AvgIpc) is 3.29. The highest BCUT2D eigenvalue weighted by molar-refractivity contribution is 6.07. The van der Waals surface area contributed by atoms with Gasteiger partial charge < -0.3 is 10.2 Å². The van der Waals surface area contributed by atoms with Crippen molar-refractivity contribution in [3.8, 4) is 11.1 Å². The Morgan fingerprint density at radius 3 is 2.45 bits per heavy atom. The van der Waals surface area contributed by atoms with Gasteiger partial charge in [-0.25, -0.2) is 9.97 Å². The fourth-order valence-corrected chi connectivity index (χ4v) is 6.08. The van der Waals surface area contributed by atoms with Gasteiger partial charge in [0.05, 0.1) is 5.52 Å². The van der Waals surface area contributed by atoms with E-state index in [4.69, 9.17) is 0 Å². The zero-order chi connectivity index (χ0) is 28.2. The minimum atomic E-state index is -0.525. The van der Waals surface area contributed by atoms with E-state index in [1.807, 2.05) is 56.3 Å². The lowest BCUT2D eigenvalue weighted by Crippen LogP contribution is -2.48. The molecule has 1 aliphatic carbocycles. The second kappa shape index (κ2) is 9.66. The van der Waals surface area contributed by atoms with Crippen molar-refractivity contribution in [1.82, 2.24) is 30.0 Å². The van der Waals surface area contributed by atoms with Gasteiger partial charge in [-0.15, -0.1) is 0 Å². The molecule has 9 heteroatoms. The van der Waals surface area contributed by atoms with Gasteiger partial charge >= 0.3 is 0 Å². The maximum Gasteiger partial charge on any atom is 0.245 e. The van der Waals surface area contributed by atoms with E-state index in [0.29, 0.717) is 29.9 Å². The van der Waals surface area contributed by atoms with Crippen molar-refractivity contribution in [2.24, 2.45) is 5.41 Å². The van der Waals surface area contributed by atoms with Crippen LogP contribution in [0.1, 0.15) is 54.1 Å². The topological polar surface area (TPSA) is 110 Å². The van der Waals surface area contributed by atoms with E-state index in [0.717, 1.165) is 34.2 Å². The van der Waals surface area contributed by atoms with Crippen LogP contribution in [0.15, 0.2) is 54.9 Å². The molecule has 0 radical (unpaired) electrons. The van der Waals surface area contributed by atoms with E-state index >= 15 is 0 Å². The second-order valence-corrected chi connectivity index (χ2v) is 11.4. The van der Waals surface area contributed by atoms with E-state index in [1.54, 1.807) is 22.0 Å². The molecular weight excluding hydrogens is 504 g/mol. The first-order valence-corrected chi connectivity index (χ1v) is 13.6. The largest absolute Gasteiger partial charge is 0.350 e. The number of likely N-dealkylation sites (tertiary alicyclic amines) is 1. The van der Waals surface area contributed by atoms with Crippen molar-refractivity contribution < 1.29 is 14.4 Å². The van der Waals surface area contributed by atoms with E-state index in [-0.39, 0.29) is 35.6 Å². The van der Waals surface area contributed by atoms with Crippen LogP contribution < -0.4 is 5.32 Å². The van der Waals surface area contributed by atoms with Gasteiger partial charge in [0.2, 0.25) is 11.8 Å². The first kappa shape index (κ1) is 25.9. The number of hydrogen-bond donors (Lipinski definition) is 1. The van der Waals surface area contributed by atoms with E-state index in [1.165, 1.54) is 6.92 Å². The molecule has 2 amide bonds. The Hall–Kier alpha value is -4.40. The highest BCUT2D eigenvalue weighted by Crippen LogP contribution is 2.59. The van der Waals surface area contributed by atoms with Crippen LogP contribution in [0.3, 0.4) is 0 Å². The van der Waals surface area contributed by atoms with Gasteiger partial charge in [-0.3, -0.25) is 19.1 Å². The molecule has 3 heterocycles. The number of amides is 2. The smallest absolute Gasteiger partial charge is 0.245 e. The van der Waals surface area contributed by atoms with Crippen LogP contribution in [0.25, 0.3) is 22.0 Å². The number of aromatic nitrogens is 4. The van der Waals surface area contributed by atoms with Crippen molar-refractivity contribution in [2.75, 3.05) is 0 Å². The van der Waals surface area contributed by atoms with Gasteiger partial charge in [-0.2, -0.15) is 5.10 Å². The second-order valence-electron chi connectivity index (χ2n) is 11.4. The van der Waals surface area contributed by atoms with Crippen molar-refractivity contribution in [3.05, 3.63) is 77.5 Å². The summed E-state index contributed by atoms with van der Waals surface area (Å²) < 4.78 is 1.62. The highest BCUT2D eigenvalue weighted by atomic mass is 16.2. The van der Waals surface area contributed by atoms with Gasteiger partial charge in [-0.05, 0) is 60.9 Å². The Bertz CT molecular complexity index is 1650. The molecule has 2 aliphatic rings. The maximum atomic E-state index is 13.8. The number of fused-ring (bicyclic) bond motifs is 2. The van der Waals surface area contributed by atoms with Crippen LogP contribution in [-0.4, -0.2) is 54.3 Å². The third-order valence-electron chi connectivity index (χ3n) is 8.30. The lowest BCUT2D eigenvalue weighted by molar-refractivity contribution is -0.140.